The van der Waals surface area contributed by atoms with Gasteiger partial charge in [0.1, 0.15) is 6.54 Å². The Morgan fingerprint density at radius 3 is 2.92 bits per heavy atom. The van der Waals surface area contributed by atoms with Crippen molar-refractivity contribution in [1.82, 2.24) is 5.01 Å². The van der Waals surface area contributed by atoms with E-state index in [9.17, 15) is 4.79 Å². The molecule has 0 aromatic heterocycles. The highest BCUT2D eigenvalue weighted by Crippen LogP contribution is 2.13. The van der Waals surface area contributed by atoms with Gasteiger partial charge in [0.15, 0.2) is 0 Å². The van der Waals surface area contributed by atoms with Crippen LogP contribution in [-0.2, 0) is 9.53 Å². The van der Waals surface area contributed by atoms with Crippen molar-refractivity contribution in [2.75, 3.05) is 13.2 Å². The second-order valence-corrected chi connectivity index (χ2v) is 3.29. The van der Waals surface area contributed by atoms with E-state index >= 15 is 0 Å². The minimum absolute atomic E-state index is 0.201. The van der Waals surface area contributed by atoms with Crippen molar-refractivity contribution in [2.45, 2.75) is 33.2 Å². The van der Waals surface area contributed by atoms with Gasteiger partial charge in [0.2, 0.25) is 0 Å². The maximum absolute atomic E-state index is 11.1. The first-order valence-corrected chi connectivity index (χ1v) is 4.59. The van der Waals surface area contributed by atoms with Crippen LogP contribution in [0.1, 0.15) is 27.2 Å². The van der Waals surface area contributed by atoms with Crippen LogP contribution in [0, 0.1) is 0 Å². The fourth-order valence-corrected chi connectivity index (χ4v) is 1.42. The van der Waals surface area contributed by atoms with Crippen molar-refractivity contribution in [3.63, 3.8) is 0 Å². The van der Waals surface area contributed by atoms with Crippen LogP contribution in [-0.4, -0.2) is 35.9 Å². The highest BCUT2D eigenvalue weighted by Gasteiger charge is 2.22. The highest BCUT2D eigenvalue weighted by atomic mass is 16.5. The topological polar surface area (TPSA) is 41.9 Å². The molecule has 0 fully saturated rings. The summed E-state index contributed by atoms with van der Waals surface area (Å²) >= 11 is 0. The molecule has 0 amide bonds. The molecule has 0 spiro atoms. The second-order valence-electron chi connectivity index (χ2n) is 3.29. The van der Waals surface area contributed by atoms with Crippen molar-refractivity contribution < 1.29 is 9.53 Å². The number of hydrogen-bond acceptors (Lipinski definition) is 4. The fourth-order valence-electron chi connectivity index (χ4n) is 1.42. The molecule has 0 aromatic carbocycles. The molecule has 0 radical (unpaired) electrons. The van der Waals surface area contributed by atoms with Crippen molar-refractivity contribution in [1.29, 1.82) is 0 Å². The predicted molar refractivity (Wildman–Crippen MR) is 50.5 cm³/mol. The fraction of sp³-hybridized carbons (Fsp3) is 0.778. The lowest BCUT2D eigenvalue weighted by Gasteiger charge is -2.18. The molecule has 1 unspecified atom stereocenters. The van der Waals surface area contributed by atoms with Gasteiger partial charge in [-0.3, -0.25) is 9.80 Å². The number of carbonyl (C=O) groups is 1. The number of esters is 1. The van der Waals surface area contributed by atoms with E-state index in [-0.39, 0.29) is 12.5 Å². The molecule has 0 saturated heterocycles. The highest BCUT2D eigenvalue weighted by molar-refractivity contribution is 5.84. The van der Waals surface area contributed by atoms with Crippen molar-refractivity contribution in [2.24, 2.45) is 5.10 Å². The third kappa shape index (κ3) is 2.72. The smallest absolute Gasteiger partial charge is 0.327 e. The van der Waals surface area contributed by atoms with Gasteiger partial charge in [0.05, 0.1) is 12.6 Å². The van der Waals surface area contributed by atoms with E-state index in [1.165, 1.54) is 0 Å². The Balaban J connectivity index is 2.40. The van der Waals surface area contributed by atoms with Crippen LogP contribution in [0.25, 0.3) is 0 Å². The number of ether oxygens (including phenoxy) is 1. The quantitative estimate of drug-likeness (QED) is 0.615. The number of hydrazone groups is 1. The molecule has 13 heavy (non-hydrogen) atoms. The maximum atomic E-state index is 11.1. The molecule has 1 aliphatic rings. The molecular weight excluding hydrogens is 168 g/mol. The van der Waals surface area contributed by atoms with E-state index in [0.29, 0.717) is 12.6 Å². The summed E-state index contributed by atoms with van der Waals surface area (Å²) in [6.07, 6.45) is 0.944. The average molecular weight is 184 g/mol. The van der Waals surface area contributed by atoms with Gasteiger partial charge < -0.3 is 4.74 Å². The molecule has 0 aliphatic carbocycles. The van der Waals surface area contributed by atoms with E-state index in [0.717, 1.165) is 12.1 Å². The Morgan fingerprint density at radius 2 is 2.46 bits per heavy atom. The van der Waals surface area contributed by atoms with E-state index < -0.39 is 0 Å². The molecule has 1 aliphatic heterocycles. The third-order valence-electron chi connectivity index (χ3n) is 2.00. The van der Waals surface area contributed by atoms with Crippen LogP contribution >= 0.6 is 0 Å². The van der Waals surface area contributed by atoms with Crippen LogP contribution in [0.2, 0.25) is 0 Å². The van der Waals surface area contributed by atoms with E-state index in [1.807, 2.05) is 6.92 Å². The SMILES string of the molecule is CCOC(=O)CN1N=C(C)CC1C. The van der Waals surface area contributed by atoms with Gasteiger partial charge in [0.25, 0.3) is 0 Å². The second kappa shape index (κ2) is 4.25. The summed E-state index contributed by atoms with van der Waals surface area (Å²) in [5.74, 6) is -0.201. The Morgan fingerprint density at radius 1 is 1.77 bits per heavy atom. The number of rotatable bonds is 3. The van der Waals surface area contributed by atoms with Crippen LogP contribution < -0.4 is 0 Å². The molecule has 4 nitrogen and oxygen atoms in total. The first-order valence-electron chi connectivity index (χ1n) is 4.59. The standard InChI is InChI=1S/C9H16N2O2/c1-4-13-9(12)6-11-8(3)5-7(2)10-11/h8H,4-6H2,1-3H3. The summed E-state index contributed by atoms with van der Waals surface area (Å²) in [4.78, 5) is 11.1. The van der Waals surface area contributed by atoms with Crippen LogP contribution in [0.15, 0.2) is 5.10 Å². The Bertz CT molecular complexity index is 226. The van der Waals surface area contributed by atoms with E-state index in [1.54, 1.807) is 11.9 Å². The monoisotopic (exact) mass is 184 g/mol. The molecule has 0 bridgehead atoms. The van der Waals surface area contributed by atoms with Gasteiger partial charge in [-0.1, -0.05) is 0 Å². The number of hydrogen-bond donors (Lipinski definition) is 0. The zero-order valence-corrected chi connectivity index (χ0v) is 8.41. The molecule has 1 rings (SSSR count). The number of nitrogens with zero attached hydrogens (tertiary/aromatic N) is 2. The normalized spacial score (nSPS) is 21.6. The van der Waals surface area contributed by atoms with E-state index in [2.05, 4.69) is 12.0 Å². The molecule has 1 atom stereocenters. The zero-order valence-electron chi connectivity index (χ0n) is 8.41. The molecule has 0 N–H and O–H groups in total. The summed E-state index contributed by atoms with van der Waals surface area (Å²) < 4.78 is 4.84. The lowest BCUT2D eigenvalue weighted by molar-refractivity contribution is -0.144. The largest absolute Gasteiger partial charge is 0.465 e. The third-order valence-corrected chi connectivity index (χ3v) is 2.00. The van der Waals surface area contributed by atoms with Crippen LogP contribution in [0.3, 0.4) is 0 Å². The molecule has 0 saturated carbocycles. The summed E-state index contributed by atoms with van der Waals surface area (Å²) in [6.45, 7) is 6.54. The Labute approximate surface area is 78.6 Å². The van der Waals surface area contributed by atoms with Gasteiger partial charge in [-0.25, -0.2) is 0 Å². The summed E-state index contributed by atoms with van der Waals surface area (Å²) in [7, 11) is 0. The van der Waals surface area contributed by atoms with Crippen LogP contribution in [0.5, 0.6) is 0 Å². The summed E-state index contributed by atoms with van der Waals surface area (Å²) in [5, 5.41) is 6.03. The summed E-state index contributed by atoms with van der Waals surface area (Å²) in [5.41, 5.74) is 1.08. The first-order chi connectivity index (χ1) is 6.13. The molecule has 0 aromatic rings. The molecular formula is C9H16N2O2. The molecule has 74 valence electrons. The Kier molecular flexibility index (Phi) is 3.28. The van der Waals surface area contributed by atoms with Crippen molar-refractivity contribution in [3.05, 3.63) is 0 Å². The minimum Gasteiger partial charge on any atom is -0.465 e. The average Bonchev–Trinajstić information content (AvgIpc) is 2.30. The lowest BCUT2D eigenvalue weighted by atomic mass is 10.2. The molecule has 4 heteroatoms. The van der Waals surface area contributed by atoms with Gasteiger partial charge in [0, 0.05) is 12.1 Å². The van der Waals surface area contributed by atoms with Gasteiger partial charge in [-0.15, -0.1) is 0 Å². The predicted octanol–water partition coefficient (Wildman–Crippen LogP) is 1.02. The van der Waals surface area contributed by atoms with Gasteiger partial charge in [-0.2, -0.15) is 5.10 Å². The minimum atomic E-state index is -0.201. The molecule has 1 heterocycles. The van der Waals surface area contributed by atoms with E-state index in [4.69, 9.17) is 4.74 Å². The number of carbonyl (C=O) groups excluding carboxylic acids is 1. The maximum Gasteiger partial charge on any atom is 0.327 e. The zero-order chi connectivity index (χ0) is 9.84. The van der Waals surface area contributed by atoms with Gasteiger partial charge in [-0.05, 0) is 20.8 Å². The summed E-state index contributed by atoms with van der Waals surface area (Å²) in [6, 6.07) is 0.324. The first kappa shape index (κ1) is 10.0. The van der Waals surface area contributed by atoms with Crippen molar-refractivity contribution >= 4 is 11.7 Å². The van der Waals surface area contributed by atoms with Crippen LogP contribution in [0.4, 0.5) is 0 Å². The van der Waals surface area contributed by atoms with Crippen molar-refractivity contribution in [3.8, 4) is 0 Å². The lowest BCUT2D eigenvalue weighted by Crippen LogP contribution is -2.30. The van der Waals surface area contributed by atoms with Gasteiger partial charge >= 0.3 is 5.97 Å². The Hall–Kier alpha value is -1.06.